The van der Waals surface area contributed by atoms with E-state index in [1.54, 1.807) is 27.7 Å². The van der Waals surface area contributed by atoms with Crippen LogP contribution < -0.4 is 10.6 Å². The molecule has 0 saturated carbocycles. The van der Waals surface area contributed by atoms with Crippen LogP contribution in [-0.4, -0.2) is 59.2 Å². The fraction of sp³-hybridized carbons (Fsp3) is 0.585. The van der Waals surface area contributed by atoms with Crippen LogP contribution in [0, 0.1) is 23.7 Å². The van der Waals surface area contributed by atoms with E-state index in [1.807, 2.05) is 88.4 Å². The molecule has 2 aromatic carbocycles. The van der Waals surface area contributed by atoms with Crippen molar-refractivity contribution in [3.63, 3.8) is 0 Å². The van der Waals surface area contributed by atoms with Gasteiger partial charge in [0.1, 0.15) is 11.2 Å². The number of epoxide rings is 1. The van der Waals surface area contributed by atoms with Gasteiger partial charge in [0.15, 0.2) is 11.6 Å². The standard InChI is InChI=1S/C41H58N2O7/c1-27(2)21-33(42-38(47)31(25-36(45)50-40(5,6)7)20-19-29-15-11-9-12-16-29)35(44)24-32(23-30-17-13-10-14-18-30)39(48)43-34(22-28(3)4)37(46)41(8)26-49-41/h9-18,27-28,31-34H,19-26H2,1-8H3,(H,42,47)(H,43,48)/t31-,32-,33+,34+,41-/m1/s1. The first-order valence-electron chi connectivity index (χ1n) is 18.1. The lowest BCUT2D eigenvalue weighted by Crippen LogP contribution is -2.50. The highest BCUT2D eigenvalue weighted by Crippen LogP contribution is 2.30. The van der Waals surface area contributed by atoms with Gasteiger partial charge in [0.2, 0.25) is 11.8 Å². The molecule has 274 valence electrons. The Balaban J connectivity index is 1.83. The van der Waals surface area contributed by atoms with Gasteiger partial charge in [0.05, 0.1) is 25.1 Å². The van der Waals surface area contributed by atoms with Crippen LogP contribution >= 0.6 is 0 Å². The van der Waals surface area contributed by atoms with Crippen LogP contribution in [0.5, 0.6) is 0 Å². The molecule has 9 heteroatoms. The van der Waals surface area contributed by atoms with E-state index in [1.165, 1.54) is 0 Å². The summed E-state index contributed by atoms with van der Waals surface area (Å²) in [6.07, 6.45) is 1.82. The van der Waals surface area contributed by atoms with Crippen molar-refractivity contribution in [1.29, 1.82) is 0 Å². The Morgan fingerprint density at radius 2 is 1.26 bits per heavy atom. The molecule has 2 N–H and O–H groups in total. The summed E-state index contributed by atoms with van der Waals surface area (Å²) in [6.45, 7) is 15.3. The summed E-state index contributed by atoms with van der Waals surface area (Å²) < 4.78 is 11.0. The largest absolute Gasteiger partial charge is 0.460 e. The first kappa shape index (κ1) is 40.6. The van der Waals surface area contributed by atoms with E-state index in [9.17, 15) is 24.0 Å². The summed E-state index contributed by atoms with van der Waals surface area (Å²) in [5.74, 6) is -2.98. The fourth-order valence-corrected chi connectivity index (χ4v) is 6.08. The van der Waals surface area contributed by atoms with E-state index in [4.69, 9.17) is 9.47 Å². The average molecular weight is 691 g/mol. The molecule has 1 fully saturated rings. The van der Waals surface area contributed by atoms with Crippen LogP contribution in [0.2, 0.25) is 0 Å². The van der Waals surface area contributed by atoms with Gasteiger partial charge in [-0.25, -0.2) is 0 Å². The first-order chi connectivity index (χ1) is 23.5. The number of ether oxygens (including phenoxy) is 2. The van der Waals surface area contributed by atoms with Gasteiger partial charge in [0.25, 0.3) is 0 Å². The van der Waals surface area contributed by atoms with E-state index in [0.717, 1.165) is 11.1 Å². The van der Waals surface area contributed by atoms with E-state index in [-0.39, 0.29) is 48.6 Å². The quantitative estimate of drug-likeness (QED) is 0.125. The minimum absolute atomic E-state index is 0.0617. The second-order valence-electron chi connectivity index (χ2n) is 15.8. The number of rotatable bonds is 20. The molecule has 9 nitrogen and oxygen atoms in total. The minimum Gasteiger partial charge on any atom is -0.460 e. The third-order valence-electron chi connectivity index (χ3n) is 8.82. The van der Waals surface area contributed by atoms with E-state index in [2.05, 4.69) is 10.6 Å². The molecule has 0 aliphatic carbocycles. The van der Waals surface area contributed by atoms with Crippen molar-refractivity contribution in [2.75, 3.05) is 6.61 Å². The first-order valence-corrected chi connectivity index (χ1v) is 18.1. The highest BCUT2D eigenvalue weighted by Gasteiger charge is 2.50. The van der Waals surface area contributed by atoms with Gasteiger partial charge < -0.3 is 20.1 Å². The SMILES string of the molecule is CC(C)C[C@H](NC(=O)[C@H](CCc1ccccc1)CC(=O)OC(C)(C)C)C(=O)C[C@@H](Cc1ccccc1)C(=O)N[C@@H](CC(C)C)C(=O)[C@@]1(C)CO1. The molecule has 5 atom stereocenters. The van der Waals surface area contributed by atoms with Crippen LogP contribution in [0.3, 0.4) is 0 Å². The lowest BCUT2D eigenvalue weighted by molar-refractivity contribution is -0.157. The number of hydrogen-bond acceptors (Lipinski definition) is 7. The van der Waals surface area contributed by atoms with Crippen LogP contribution in [0.15, 0.2) is 60.7 Å². The molecule has 0 aromatic heterocycles. The number of esters is 1. The molecule has 0 unspecified atom stereocenters. The Labute approximate surface area is 298 Å². The smallest absolute Gasteiger partial charge is 0.307 e. The summed E-state index contributed by atoms with van der Waals surface area (Å²) in [5, 5.41) is 5.95. The maximum Gasteiger partial charge on any atom is 0.307 e. The predicted octanol–water partition coefficient (Wildman–Crippen LogP) is 6.21. The number of hydrogen-bond donors (Lipinski definition) is 2. The predicted molar refractivity (Wildman–Crippen MR) is 194 cm³/mol. The van der Waals surface area contributed by atoms with Crippen molar-refractivity contribution in [3.05, 3.63) is 71.8 Å². The normalized spacial score (nSPS) is 18.1. The molecular weight excluding hydrogens is 632 g/mol. The van der Waals surface area contributed by atoms with Crippen molar-refractivity contribution in [1.82, 2.24) is 10.6 Å². The molecule has 0 spiro atoms. The summed E-state index contributed by atoms with van der Waals surface area (Å²) in [4.78, 5) is 68.2. The highest BCUT2D eigenvalue weighted by atomic mass is 16.6. The molecule has 1 aliphatic rings. The Bertz CT molecular complexity index is 1430. The molecule has 1 saturated heterocycles. The van der Waals surface area contributed by atoms with Crippen molar-refractivity contribution >= 4 is 29.4 Å². The van der Waals surface area contributed by atoms with Crippen LogP contribution in [0.1, 0.15) is 98.6 Å². The van der Waals surface area contributed by atoms with Gasteiger partial charge >= 0.3 is 5.97 Å². The van der Waals surface area contributed by atoms with Crippen LogP contribution in [-0.2, 0) is 46.3 Å². The second-order valence-corrected chi connectivity index (χ2v) is 15.8. The number of nitrogens with one attached hydrogen (secondary N) is 2. The fourth-order valence-electron chi connectivity index (χ4n) is 6.08. The molecule has 3 rings (SSSR count). The van der Waals surface area contributed by atoms with Gasteiger partial charge in [-0.15, -0.1) is 0 Å². The molecule has 2 aromatic rings. The second kappa shape index (κ2) is 18.4. The van der Waals surface area contributed by atoms with E-state index in [0.29, 0.717) is 32.3 Å². The molecule has 1 heterocycles. The maximum absolute atomic E-state index is 14.1. The number of carbonyl (C=O) groups is 5. The Kier molecular flexibility index (Phi) is 14.9. The molecule has 0 bridgehead atoms. The van der Waals surface area contributed by atoms with Crippen LogP contribution in [0.25, 0.3) is 0 Å². The Hall–Kier alpha value is -3.85. The molecular formula is C41H58N2O7. The number of aryl methyl sites for hydroxylation is 1. The van der Waals surface area contributed by atoms with E-state index >= 15 is 0 Å². The molecule has 2 amide bonds. The third kappa shape index (κ3) is 13.8. The summed E-state index contributed by atoms with van der Waals surface area (Å²) >= 11 is 0. The zero-order chi connectivity index (χ0) is 37.1. The van der Waals surface area contributed by atoms with Gasteiger partial charge in [-0.3, -0.25) is 24.0 Å². The number of Topliss-reactive ketones (excluding diaryl/α,β-unsaturated/α-hetero) is 2. The van der Waals surface area contributed by atoms with Crippen molar-refractivity contribution in [2.45, 2.75) is 124 Å². The highest BCUT2D eigenvalue weighted by molar-refractivity contribution is 5.98. The van der Waals surface area contributed by atoms with Gasteiger partial charge in [-0.2, -0.15) is 0 Å². The summed E-state index contributed by atoms with van der Waals surface area (Å²) in [7, 11) is 0. The van der Waals surface area contributed by atoms with Crippen molar-refractivity contribution in [3.8, 4) is 0 Å². The number of ketones is 2. The maximum atomic E-state index is 14.1. The zero-order valence-corrected chi connectivity index (χ0v) is 31.3. The zero-order valence-electron chi connectivity index (χ0n) is 31.3. The van der Waals surface area contributed by atoms with Crippen molar-refractivity contribution < 1.29 is 33.4 Å². The third-order valence-corrected chi connectivity index (χ3v) is 8.82. The topological polar surface area (TPSA) is 131 Å². The Morgan fingerprint density at radius 3 is 1.78 bits per heavy atom. The van der Waals surface area contributed by atoms with Gasteiger partial charge in [-0.1, -0.05) is 88.4 Å². The number of carbonyl (C=O) groups excluding carboxylic acids is 5. The summed E-state index contributed by atoms with van der Waals surface area (Å²) in [5.41, 5.74) is 0.313. The number of amides is 2. The van der Waals surface area contributed by atoms with Gasteiger partial charge in [-0.05, 0) is 82.8 Å². The van der Waals surface area contributed by atoms with Gasteiger partial charge in [0, 0.05) is 18.3 Å². The Morgan fingerprint density at radius 1 is 0.760 bits per heavy atom. The van der Waals surface area contributed by atoms with Crippen LogP contribution in [0.4, 0.5) is 0 Å². The number of benzene rings is 2. The average Bonchev–Trinajstić information content (AvgIpc) is 3.79. The van der Waals surface area contributed by atoms with Crippen molar-refractivity contribution in [2.24, 2.45) is 23.7 Å². The van der Waals surface area contributed by atoms with E-state index < -0.39 is 47.0 Å². The molecule has 1 aliphatic heterocycles. The minimum atomic E-state index is -0.902. The lowest BCUT2D eigenvalue weighted by Gasteiger charge is -2.27. The summed E-state index contributed by atoms with van der Waals surface area (Å²) in [6, 6.07) is 17.6. The lowest BCUT2D eigenvalue weighted by atomic mass is 9.87. The molecule has 50 heavy (non-hydrogen) atoms. The monoisotopic (exact) mass is 690 g/mol. The molecule has 0 radical (unpaired) electrons.